The number of hydrogen-bond acceptors (Lipinski definition) is 6. The Labute approximate surface area is 227 Å². The predicted octanol–water partition coefficient (Wildman–Crippen LogP) is 6.39. The number of para-hydroxylation sites is 1. The first kappa shape index (κ1) is 25.8. The van der Waals surface area contributed by atoms with E-state index in [2.05, 4.69) is 10.7 Å². The molecule has 7 nitrogen and oxygen atoms in total. The molecular formula is C25H19Cl2N3O4S2. The number of hydrogen-bond donors (Lipinski definition) is 2. The van der Waals surface area contributed by atoms with Crippen LogP contribution in [-0.2, 0) is 4.79 Å². The van der Waals surface area contributed by atoms with E-state index < -0.39 is 11.9 Å². The number of carbonyl (C=O) groups excluding carboxylic acids is 2. The molecular weight excluding hydrogens is 541 g/mol. The lowest BCUT2D eigenvalue weighted by Crippen LogP contribution is -2.46. The van der Waals surface area contributed by atoms with Gasteiger partial charge in [0.15, 0.2) is 4.32 Å². The highest BCUT2D eigenvalue weighted by molar-refractivity contribution is 8.26. The fraction of sp³-hybridized carbons (Fsp3) is 0.0800. The molecule has 3 amide bonds. The van der Waals surface area contributed by atoms with E-state index in [0.717, 1.165) is 28.1 Å². The summed E-state index contributed by atoms with van der Waals surface area (Å²) in [4.78, 5) is 25.6. The van der Waals surface area contributed by atoms with Gasteiger partial charge in [-0.2, -0.15) is 5.01 Å². The molecule has 2 N–H and O–H groups in total. The number of nitrogens with zero attached hydrogens (tertiary/aromatic N) is 1. The van der Waals surface area contributed by atoms with E-state index in [9.17, 15) is 9.59 Å². The minimum Gasteiger partial charge on any atom is -0.490 e. The summed E-state index contributed by atoms with van der Waals surface area (Å²) < 4.78 is 11.6. The maximum Gasteiger partial charge on any atom is 0.338 e. The molecule has 1 aliphatic rings. The second-order valence-electron chi connectivity index (χ2n) is 7.29. The van der Waals surface area contributed by atoms with Crippen LogP contribution in [-0.4, -0.2) is 34.5 Å². The average Bonchev–Trinajstić information content (AvgIpc) is 3.12. The Balaban J connectivity index is 1.33. The molecule has 1 fully saturated rings. The molecule has 36 heavy (non-hydrogen) atoms. The van der Waals surface area contributed by atoms with Gasteiger partial charge in [0.1, 0.15) is 24.7 Å². The van der Waals surface area contributed by atoms with Gasteiger partial charge in [0.25, 0.3) is 5.91 Å². The fourth-order valence-electron chi connectivity index (χ4n) is 3.08. The topological polar surface area (TPSA) is 79.9 Å². The number of amides is 3. The lowest BCUT2D eigenvalue weighted by Gasteiger charge is -2.16. The Kier molecular flexibility index (Phi) is 8.71. The third-order valence-corrected chi connectivity index (χ3v) is 6.75. The van der Waals surface area contributed by atoms with Crippen LogP contribution in [0.4, 0.5) is 10.5 Å². The number of rotatable bonds is 8. The van der Waals surface area contributed by atoms with E-state index in [0.29, 0.717) is 34.6 Å². The summed E-state index contributed by atoms with van der Waals surface area (Å²) in [6.45, 7) is 0.751. The number of ether oxygens (including phenoxy) is 2. The van der Waals surface area contributed by atoms with E-state index in [-0.39, 0.29) is 9.34 Å². The molecule has 3 aromatic carbocycles. The Morgan fingerprint density at radius 3 is 2.42 bits per heavy atom. The number of thiocarbonyl (C=S) groups is 1. The largest absolute Gasteiger partial charge is 0.490 e. The molecule has 1 saturated heterocycles. The van der Waals surface area contributed by atoms with E-state index in [1.165, 1.54) is 6.07 Å². The average molecular weight is 560 g/mol. The highest BCUT2D eigenvalue weighted by Crippen LogP contribution is 2.32. The van der Waals surface area contributed by atoms with E-state index in [4.69, 9.17) is 44.9 Å². The summed E-state index contributed by atoms with van der Waals surface area (Å²) in [5.41, 5.74) is 3.61. The van der Waals surface area contributed by atoms with Gasteiger partial charge in [-0.25, -0.2) is 10.2 Å². The second kappa shape index (κ2) is 12.1. The lowest BCUT2D eigenvalue weighted by molar-refractivity contribution is -0.123. The molecule has 0 spiro atoms. The molecule has 1 aliphatic heterocycles. The monoisotopic (exact) mass is 559 g/mol. The van der Waals surface area contributed by atoms with Crippen molar-refractivity contribution in [2.45, 2.75) is 0 Å². The van der Waals surface area contributed by atoms with Crippen molar-refractivity contribution in [3.8, 4) is 11.5 Å². The molecule has 0 radical (unpaired) electrons. The van der Waals surface area contributed by atoms with E-state index >= 15 is 0 Å². The first-order chi connectivity index (χ1) is 17.4. The van der Waals surface area contributed by atoms with E-state index in [1.807, 2.05) is 48.5 Å². The van der Waals surface area contributed by atoms with Crippen LogP contribution >= 0.6 is 47.2 Å². The zero-order chi connectivity index (χ0) is 25.5. The molecule has 0 aliphatic carbocycles. The van der Waals surface area contributed by atoms with Crippen molar-refractivity contribution in [2.24, 2.45) is 0 Å². The number of thioether (sulfide) groups is 1. The third kappa shape index (κ3) is 6.92. The van der Waals surface area contributed by atoms with Gasteiger partial charge in [0, 0.05) is 5.69 Å². The van der Waals surface area contributed by atoms with Gasteiger partial charge >= 0.3 is 6.03 Å². The van der Waals surface area contributed by atoms with E-state index in [1.54, 1.807) is 24.3 Å². The van der Waals surface area contributed by atoms with Crippen molar-refractivity contribution in [1.82, 2.24) is 10.4 Å². The van der Waals surface area contributed by atoms with Gasteiger partial charge < -0.3 is 14.8 Å². The molecule has 184 valence electrons. The number of halogens is 2. The molecule has 1 heterocycles. The Morgan fingerprint density at radius 2 is 1.67 bits per heavy atom. The molecule has 3 aromatic rings. The number of nitrogens with one attached hydrogen (secondary N) is 2. The summed E-state index contributed by atoms with van der Waals surface area (Å²) in [6, 6.07) is 20.7. The summed E-state index contributed by atoms with van der Waals surface area (Å²) in [7, 11) is 0. The molecule has 0 atom stereocenters. The number of benzene rings is 3. The third-order valence-electron chi connectivity index (χ3n) is 4.70. The Morgan fingerprint density at radius 1 is 0.944 bits per heavy atom. The minimum atomic E-state index is -0.654. The van der Waals surface area contributed by atoms with Crippen molar-refractivity contribution >= 4 is 75.2 Å². The first-order valence-corrected chi connectivity index (χ1v) is 12.6. The highest BCUT2D eigenvalue weighted by atomic mass is 35.5. The minimum absolute atomic E-state index is 0.195. The molecule has 11 heteroatoms. The summed E-state index contributed by atoms with van der Waals surface area (Å²) in [5.74, 6) is 0.961. The zero-order valence-corrected chi connectivity index (χ0v) is 21.7. The molecule has 0 aromatic heterocycles. The second-order valence-corrected chi connectivity index (χ2v) is 9.78. The van der Waals surface area contributed by atoms with Crippen LogP contribution in [0.2, 0.25) is 10.0 Å². The number of urea groups is 1. The van der Waals surface area contributed by atoms with Gasteiger partial charge in [-0.15, -0.1) is 0 Å². The summed E-state index contributed by atoms with van der Waals surface area (Å²) in [5, 5.41) is 4.25. The first-order valence-electron chi connectivity index (χ1n) is 10.6. The quantitative estimate of drug-likeness (QED) is 0.189. The van der Waals surface area contributed by atoms with Gasteiger partial charge in [0.05, 0.1) is 15.0 Å². The Bertz CT molecular complexity index is 1320. The fourth-order valence-corrected chi connectivity index (χ4v) is 4.56. The number of hydrazine groups is 1. The predicted molar refractivity (Wildman–Crippen MR) is 148 cm³/mol. The van der Waals surface area contributed by atoms with Crippen molar-refractivity contribution in [3.63, 3.8) is 0 Å². The van der Waals surface area contributed by atoms with Crippen molar-refractivity contribution in [2.75, 3.05) is 18.5 Å². The van der Waals surface area contributed by atoms with Gasteiger partial charge in [-0.1, -0.05) is 65.3 Å². The standard InChI is InChI=1S/C25H19Cl2N3O4S2/c26-20-10-9-17(15-21(20)27)28-24(32)29-30-23(31)22(36-25(30)35)14-16-5-4-8-19(13-16)34-12-11-33-18-6-2-1-3-7-18/h1-10,13-15H,11-12H2,(H2,28,29,32)/b22-14+. The molecule has 0 unspecified atom stereocenters. The summed E-state index contributed by atoms with van der Waals surface area (Å²) >= 11 is 18.2. The van der Waals surface area contributed by atoms with Gasteiger partial charge in [-0.05, 0) is 66.3 Å². The van der Waals surface area contributed by atoms with Gasteiger partial charge in [0.2, 0.25) is 0 Å². The molecule has 4 rings (SSSR count). The van der Waals surface area contributed by atoms with Crippen molar-refractivity contribution < 1.29 is 19.1 Å². The SMILES string of the molecule is O=C(Nc1ccc(Cl)c(Cl)c1)NN1C(=O)/C(=C\c2cccc(OCCOc3ccccc3)c2)SC1=S. The molecule has 0 bridgehead atoms. The maximum atomic E-state index is 12.9. The number of anilines is 1. The van der Waals surface area contributed by atoms with Crippen molar-refractivity contribution in [3.05, 3.63) is 93.3 Å². The summed E-state index contributed by atoms with van der Waals surface area (Å²) in [6.07, 6.45) is 1.69. The lowest BCUT2D eigenvalue weighted by atomic mass is 10.2. The van der Waals surface area contributed by atoms with Crippen LogP contribution in [0.5, 0.6) is 11.5 Å². The van der Waals surface area contributed by atoms with Crippen LogP contribution in [0.25, 0.3) is 6.08 Å². The zero-order valence-electron chi connectivity index (χ0n) is 18.6. The van der Waals surface area contributed by atoms with Crippen LogP contribution < -0.4 is 20.2 Å². The normalized spacial score (nSPS) is 14.2. The maximum absolute atomic E-state index is 12.9. The van der Waals surface area contributed by atoms with Gasteiger partial charge in [-0.3, -0.25) is 4.79 Å². The van der Waals surface area contributed by atoms with Crippen LogP contribution in [0, 0.1) is 0 Å². The van der Waals surface area contributed by atoms with Crippen LogP contribution in [0.15, 0.2) is 77.7 Å². The van der Waals surface area contributed by atoms with Crippen LogP contribution in [0.3, 0.4) is 0 Å². The smallest absolute Gasteiger partial charge is 0.338 e. The Hall–Kier alpha value is -3.24. The van der Waals surface area contributed by atoms with Crippen LogP contribution in [0.1, 0.15) is 5.56 Å². The highest BCUT2D eigenvalue weighted by Gasteiger charge is 2.33. The molecule has 0 saturated carbocycles. The van der Waals surface area contributed by atoms with Crippen molar-refractivity contribution in [1.29, 1.82) is 0 Å². The number of carbonyl (C=O) groups is 2.